The van der Waals surface area contributed by atoms with E-state index in [9.17, 15) is 4.39 Å². The second-order valence-corrected chi connectivity index (χ2v) is 11.0. The van der Waals surface area contributed by atoms with E-state index in [0.29, 0.717) is 29.9 Å². The van der Waals surface area contributed by atoms with E-state index < -0.39 is 0 Å². The minimum absolute atomic E-state index is 0.264. The van der Waals surface area contributed by atoms with E-state index in [4.69, 9.17) is 14.5 Å². The topological polar surface area (TPSA) is 42.8 Å². The van der Waals surface area contributed by atoms with Crippen LogP contribution < -0.4 is 14.8 Å². The van der Waals surface area contributed by atoms with Crippen LogP contribution in [0.25, 0.3) is 0 Å². The van der Waals surface area contributed by atoms with Gasteiger partial charge in [-0.1, -0.05) is 54.6 Å². The summed E-state index contributed by atoms with van der Waals surface area (Å²) in [5.41, 5.74) is 6.59. The third kappa shape index (κ3) is 5.43. The summed E-state index contributed by atoms with van der Waals surface area (Å²) in [6, 6.07) is 27.7. The normalized spacial score (nSPS) is 19.4. The molecule has 4 aromatic carbocycles. The summed E-state index contributed by atoms with van der Waals surface area (Å²) < 4.78 is 25.7. The number of allylic oxidation sites excluding steroid dienone is 2. The van der Waals surface area contributed by atoms with Crippen molar-refractivity contribution in [2.75, 3.05) is 12.4 Å². The van der Waals surface area contributed by atoms with Crippen LogP contribution in [-0.4, -0.2) is 13.3 Å². The number of aliphatic imine (C=N–C) groups is 1. The Morgan fingerprint density at radius 1 is 1.03 bits per heavy atom. The van der Waals surface area contributed by atoms with E-state index in [1.165, 1.54) is 28.9 Å². The molecule has 0 saturated heterocycles. The minimum atomic E-state index is -0.264. The highest BCUT2D eigenvalue weighted by molar-refractivity contribution is 14.1. The molecular formula is C33H28FIN2O2. The molecule has 1 aliphatic carbocycles. The first kappa shape index (κ1) is 25.6. The summed E-state index contributed by atoms with van der Waals surface area (Å²) in [5, 5.41) is 3.79. The molecule has 4 aromatic rings. The molecule has 6 rings (SSSR count). The quantitative estimate of drug-likeness (QED) is 0.126. The number of halogens is 2. The number of methoxy groups -OCH3 is 1. The number of ether oxygens (including phenoxy) is 2. The SMILES string of the molecule is COc1cc(C=Nc2ccc([C@@H]3Nc4ccccc4[C@@H]4C=CC[C@@H]43)cc2)cc(I)c1OCc1ccc(F)cc1. The van der Waals surface area contributed by atoms with Crippen LogP contribution in [0, 0.1) is 15.3 Å². The molecule has 0 saturated carbocycles. The van der Waals surface area contributed by atoms with Crippen molar-refractivity contribution in [1.29, 1.82) is 0 Å². The van der Waals surface area contributed by atoms with Gasteiger partial charge in [-0.2, -0.15) is 0 Å². The van der Waals surface area contributed by atoms with Crippen molar-refractivity contribution < 1.29 is 13.9 Å². The largest absolute Gasteiger partial charge is 0.493 e. The molecule has 0 radical (unpaired) electrons. The number of benzene rings is 4. The number of nitrogens with zero attached hydrogens (tertiary/aromatic N) is 1. The van der Waals surface area contributed by atoms with Crippen molar-refractivity contribution in [3.05, 3.63) is 129 Å². The second kappa shape index (κ2) is 11.2. The van der Waals surface area contributed by atoms with E-state index in [1.807, 2.05) is 18.3 Å². The maximum atomic E-state index is 13.2. The first-order chi connectivity index (χ1) is 19.1. The van der Waals surface area contributed by atoms with Crippen molar-refractivity contribution >= 4 is 40.2 Å². The number of hydrogen-bond acceptors (Lipinski definition) is 4. The summed E-state index contributed by atoms with van der Waals surface area (Å²) in [7, 11) is 1.62. The van der Waals surface area contributed by atoms with Gasteiger partial charge in [-0.15, -0.1) is 0 Å². The number of fused-ring (bicyclic) bond motifs is 3. The second-order valence-electron chi connectivity index (χ2n) is 9.86. The van der Waals surface area contributed by atoms with Gasteiger partial charge in [0.1, 0.15) is 12.4 Å². The van der Waals surface area contributed by atoms with Gasteiger partial charge in [-0.05, 0) is 99.6 Å². The number of para-hydroxylation sites is 1. The molecule has 0 amide bonds. The predicted octanol–water partition coefficient (Wildman–Crippen LogP) is 8.60. The Hall–Kier alpha value is -3.65. The standard InChI is InChI=1S/C33H28FIN2O2/c1-38-31-18-22(17-29(35)33(31)39-20-21-9-13-24(34)14-10-21)19-36-25-15-11-23(12-16-25)32-28-7-4-6-26(28)27-5-2-3-8-30(27)37-32/h2-6,8-19,26,28,32,37H,7,20H2,1H3/t26-,28-,32-/m0/s1. The van der Waals surface area contributed by atoms with Gasteiger partial charge in [0.25, 0.3) is 0 Å². The molecule has 0 fully saturated rings. The Balaban J connectivity index is 1.16. The summed E-state index contributed by atoms with van der Waals surface area (Å²) in [5.74, 6) is 2.01. The number of anilines is 1. The van der Waals surface area contributed by atoms with Crippen molar-refractivity contribution in [2.45, 2.75) is 25.0 Å². The Labute approximate surface area is 241 Å². The first-order valence-electron chi connectivity index (χ1n) is 13.0. The maximum absolute atomic E-state index is 13.2. The van der Waals surface area contributed by atoms with E-state index >= 15 is 0 Å². The molecule has 1 heterocycles. The van der Waals surface area contributed by atoms with Crippen LogP contribution in [0.4, 0.5) is 15.8 Å². The minimum Gasteiger partial charge on any atom is -0.493 e. The van der Waals surface area contributed by atoms with Crippen molar-refractivity contribution in [1.82, 2.24) is 0 Å². The van der Waals surface area contributed by atoms with Crippen LogP contribution in [0.15, 0.2) is 102 Å². The van der Waals surface area contributed by atoms with Crippen molar-refractivity contribution in [3.63, 3.8) is 0 Å². The molecule has 4 nitrogen and oxygen atoms in total. The lowest BCUT2D eigenvalue weighted by Crippen LogP contribution is -2.28. The van der Waals surface area contributed by atoms with Crippen LogP contribution in [0.2, 0.25) is 0 Å². The predicted molar refractivity (Wildman–Crippen MR) is 163 cm³/mol. The molecule has 6 heteroatoms. The Morgan fingerprint density at radius 3 is 2.62 bits per heavy atom. The highest BCUT2D eigenvalue weighted by Crippen LogP contribution is 2.49. The van der Waals surface area contributed by atoms with Gasteiger partial charge in [0.05, 0.1) is 22.4 Å². The zero-order valence-electron chi connectivity index (χ0n) is 21.5. The molecule has 0 spiro atoms. The van der Waals surface area contributed by atoms with Gasteiger partial charge in [0, 0.05) is 17.8 Å². The lowest BCUT2D eigenvalue weighted by Gasteiger charge is -2.37. The van der Waals surface area contributed by atoms with E-state index in [0.717, 1.165) is 26.8 Å². The Morgan fingerprint density at radius 2 is 1.82 bits per heavy atom. The smallest absolute Gasteiger partial charge is 0.174 e. The number of rotatable bonds is 7. The summed E-state index contributed by atoms with van der Waals surface area (Å²) in [6.45, 7) is 0.325. The lowest BCUT2D eigenvalue weighted by atomic mass is 9.77. The van der Waals surface area contributed by atoms with Crippen LogP contribution in [-0.2, 0) is 6.61 Å². The maximum Gasteiger partial charge on any atom is 0.174 e. The molecule has 2 aliphatic rings. The van der Waals surface area contributed by atoms with Crippen LogP contribution in [0.5, 0.6) is 11.5 Å². The summed E-state index contributed by atoms with van der Waals surface area (Å²) in [6.07, 6.45) is 7.61. The number of hydrogen-bond donors (Lipinski definition) is 1. The van der Waals surface area contributed by atoms with E-state index in [1.54, 1.807) is 19.2 Å². The zero-order chi connectivity index (χ0) is 26.8. The molecule has 0 unspecified atom stereocenters. The monoisotopic (exact) mass is 630 g/mol. The Kier molecular flexibility index (Phi) is 7.37. The Bertz CT molecular complexity index is 1530. The van der Waals surface area contributed by atoms with Gasteiger partial charge < -0.3 is 14.8 Å². The summed E-state index contributed by atoms with van der Waals surface area (Å²) in [4.78, 5) is 4.72. The van der Waals surface area contributed by atoms with Gasteiger partial charge >= 0.3 is 0 Å². The van der Waals surface area contributed by atoms with Crippen molar-refractivity contribution in [3.8, 4) is 11.5 Å². The average Bonchev–Trinajstić information content (AvgIpc) is 3.46. The van der Waals surface area contributed by atoms with Crippen LogP contribution in [0.1, 0.15) is 40.6 Å². The third-order valence-electron chi connectivity index (χ3n) is 7.44. The van der Waals surface area contributed by atoms with Gasteiger partial charge in [-0.3, -0.25) is 4.99 Å². The highest BCUT2D eigenvalue weighted by atomic mass is 127. The fourth-order valence-corrected chi connectivity index (χ4v) is 6.26. The molecule has 39 heavy (non-hydrogen) atoms. The average molecular weight is 631 g/mol. The fraction of sp³-hybridized carbons (Fsp3) is 0.182. The molecule has 1 N–H and O–H groups in total. The van der Waals surface area contributed by atoms with E-state index in [2.05, 4.69) is 88.6 Å². The molecular weight excluding hydrogens is 602 g/mol. The third-order valence-corrected chi connectivity index (χ3v) is 8.24. The molecule has 0 aromatic heterocycles. The van der Waals surface area contributed by atoms with Crippen LogP contribution >= 0.6 is 22.6 Å². The molecule has 1 aliphatic heterocycles. The van der Waals surface area contributed by atoms with Crippen molar-refractivity contribution in [2.24, 2.45) is 10.9 Å². The molecule has 3 atom stereocenters. The van der Waals surface area contributed by atoms with Gasteiger partial charge in [-0.25, -0.2) is 4.39 Å². The zero-order valence-corrected chi connectivity index (χ0v) is 23.6. The first-order valence-corrected chi connectivity index (χ1v) is 14.1. The fourth-order valence-electron chi connectivity index (χ4n) is 5.48. The lowest BCUT2D eigenvalue weighted by molar-refractivity contribution is 0.282. The number of nitrogens with one attached hydrogen (secondary N) is 1. The highest BCUT2D eigenvalue weighted by Gasteiger charge is 2.37. The van der Waals surface area contributed by atoms with Crippen LogP contribution in [0.3, 0.4) is 0 Å². The van der Waals surface area contributed by atoms with E-state index in [-0.39, 0.29) is 11.9 Å². The molecule has 0 bridgehead atoms. The summed E-state index contributed by atoms with van der Waals surface area (Å²) >= 11 is 2.24. The molecule has 196 valence electrons. The van der Waals surface area contributed by atoms with Gasteiger partial charge in [0.15, 0.2) is 11.5 Å². The van der Waals surface area contributed by atoms with Gasteiger partial charge in [0.2, 0.25) is 0 Å².